The summed E-state index contributed by atoms with van der Waals surface area (Å²) in [5, 5.41) is 5.46. The normalized spacial score (nSPS) is 14.8. The summed E-state index contributed by atoms with van der Waals surface area (Å²) >= 11 is 0. The molecule has 1 aliphatic carbocycles. The van der Waals surface area contributed by atoms with Crippen LogP contribution in [-0.4, -0.2) is 101 Å². The van der Waals surface area contributed by atoms with Gasteiger partial charge in [0, 0.05) is 37.0 Å². The van der Waals surface area contributed by atoms with Crippen LogP contribution in [0.3, 0.4) is 0 Å². The van der Waals surface area contributed by atoms with Crippen LogP contribution in [0.1, 0.15) is 100 Å². The molecule has 3 heterocycles. The number of hydrogen-bond donors (Lipinski definition) is 4. The molecule has 4 amide bonds. The molecule has 0 saturated heterocycles. The molecule has 1 aliphatic heterocycles. The van der Waals surface area contributed by atoms with Gasteiger partial charge in [-0.1, -0.05) is 70.2 Å². The number of benzene rings is 3. The Hall–Kier alpha value is -6.68. The minimum Gasteiger partial charge on any atom is -0.488 e. The van der Waals surface area contributed by atoms with E-state index in [1.54, 1.807) is 35.2 Å². The van der Waals surface area contributed by atoms with Gasteiger partial charge in [-0.05, 0) is 91.0 Å². The highest BCUT2D eigenvalue weighted by Crippen LogP contribution is 2.45. The fraction of sp³-hybridized carbons (Fsp3) is 0.440. The van der Waals surface area contributed by atoms with Crippen molar-refractivity contribution in [2.45, 2.75) is 91.6 Å². The maximum absolute atomic E-state index is 14.4. The average Bonchev–Trinajstić information content (AvgIpc) is 4.01. The Balaban J connectivity index is 1.12. The minimum absolute atomic E-state index is 0.0114. The number of alkyl carbamates (subject to hydrolysis) is 2. The SMILES string of the molecule is CCCN(C(=O)[C@@H](NC(=O)OC)C(C)C)[C@@H](C)c1nc2c([nH]1)CCc1cc3c(cc1-2)OCc1cc(-c2cnc([C@H](C)N(C[C@H](C)COC)C(=O)[C@H](NC(=O)OC)c4ccccc4)[nH]2)ccc1-3. The van der Waals surface area contributed by atoms with E-state index >= 15 is 0 Å². The number of rotatable bonds is 17. The number of ether oxygens (including phenoxy) is 4. The van der Waals surface area contributed by atoms with E-state index in [-0.39, 0.29) is 29.7 Å². The Morgan fingerprint density at radius 2 is 1.52 bits per heavy atom. The Morgan fingerprint density at radius 3 is 2.21 bits per heavy atom. The lowest BCUT2D eigenvalue weighted by Gasteiger charge is -2.33. The number of fused-ring (bicyclic) bond motifs is 6. The highest BCUT2D eigenvalue weighted by atomic mass is 16.5. The maximum Gasteiger partial charge on any atom is 0.407 e. The summed E-state index contributed by atoms with van der Waals surface area (Å²) in [6.45, 7) is 13.4. The summed E-state index contributed by atoms with van der Waals surface area (Å²) in [7, 11) is 4.19. The molecule has 0 saturated carbocycles. The van der Waals surface area contributed by atoms with E-state index < -0.39 is 30.3 Å². The summed E-state index contributed by atoms with van der Waals surface area (Å²) in [4.78, 5) is 73.4. The van der Waals surface area contributed by atoms with Gasteiger partial charge < -0.3 is 49.3 Å². The standard InChI is InChI=1S/C50H62N8O8/c1-10-20-57(47(59)42(28(2)3)55-49(61)64-8)31(6)46-52-39-19-17-33-22-38-36-18-16-34(21-35(36)27-66-41(38)23-37(33)44(39)54-46)40-24-51-45(53-40)30(5)58(25-29(4)26-63-7)48(60)43(56-50(62)65-9)32-14-12-11-13-15-32/h11-16,18,21-24,28-31,42-43H,10,17,19-20,25-27H2,1-9H3,(H,51,53)(H,52,54)(H,55,61)(H,56,62)/t29-,30-,31-,42-,43+/m0/s1. The van der Waals surface area contributed by atoms with Gasteiger partial charge >= 0.3 is 12.2 Å². The molecule has 0 bridgehead atoms. The number of nitrogens with one attached hydrogen (secondary N) is 4. The zero-order chi connectivity index (χ0) is 47.2. The number of imidazole rings is 2. The lowest BCUT2D eigenvalue weighted by Crippen LogP contribution is -2.52. The van der Waals surface area contributed by atoms with Crippen molar-refractivity contribution in [3.05, 3.63) is 101 Å². The molecule has 0 unspecified atom stereocenters. The predicted octanol–water partition coefficient (Wildman–Crippen LogP) is 8.07. The quantitative estimate of drug-likeness (QED) is 0.0709. The number of methoxy groups -OCH3 is 3. The lowest BCUT2D eigenvalue weighted by molar-refractivity contribution is -0.137. The van der Waals surface area contributed by atoms with Crippen molar-refractivity contribution in [3.63, 3.8) is 0 Å². The molecular weight excluding hydrogens is 841 g/mol. The van der Waals surface area contributed by atoms with Crippen LogP contribution in [0, 0.1) is 11.8 Å². The Bertz CT molecular complexity index is 2540. The first-order valence-electron chi connectivity index (χ1n) is 22.7. The van der Waals surface area contributed by atoms with E-state index in [9.17, 15) is 19.2 Å². The van der Waals surface area contributed by atoms with Gasteiger partial charge in [0.25, 0.3) is 5.91 Å². The molecule has 350 valence electrons. The number of aromatic amines is 2. The van der Waals surface area contributed by atoms with E-state index in [1.807, 2.05) is 59.7 Å². The zero-order valence-corrected chi connectivity index (χ0v) is 39.3. The molecule has 0 spiro atoms. The fourth-order valence-corrected chi connectivity index (χ4v) is 8.96. The third-order valence-electron chi connectivity index (χ3n) is 12.5. The minimum atomic E-state index is -0.984. The first-order valence-corrected chi connectivity index (χ1v) is 22.7. The van der Waals surface area contributed by atoms with Gasteiger partial charge in [-0.2, -0.15) is 0 Å². The van der Waals surface area contributed by atoms with Crippen LogP contribution in [-0.2, 0) is 43.2 Å². The monoisotopic (exact) mass is 902 g/mol. The van der Waals surface area contributed by atoms with E-state index in [2.05, 4.69) is 50.9 Å². The molecule has 3 aromatic carbocycles. The van der Waals surface area contributed by atoms with Crippen molar-refractivity contribution in [1.29, 1.82) is 0 Å². The predicted molar refractivity (Wildman–Crippen MR) is 249 cm³/mol. The molecule has 16 nitrogen and oxygen atoms in total. The second kappa shape index (κ2) is 20.7. The third kappa shape index (κ3) is 9.93. The molecule has 5 atom stereocenters. The number of carbonyl (C=O) groups is 4. The second-order valence-electron chi connectivity index (χ2n) is 17.6. The van der Waals surface area contributed by atoms with Gasteiger partial charge in [0.05, 0.1) is 50.5 Å². The number of aryl methyl sites for hydroxylation is 2. The van der Waals surface area contributed by atoms with Crippen molar-refractivity contribution in [2.75, 3.05) is 41.0 Å². The van der Waals surface area contributed by atoms with Crippen LogP contribution in [0.2, 0.25) is 0 Å². The van der Waals surface area contributed by atoms with Gasteiger partial charge in [-0.25, -0.2) is 19.6 Å². The summed E-state index contributed by atoms with van der Waals surface area (Å²) < 4.78 is 21.6. The first kappa shape index (κ1) is 47.3. The van der Waals surface area contributed by atoms with Crippen LogP contribution >= 0.6 is 0 Å². The number of nitrogens with zero attached hydrogens (tertiary/aromatic N) is 4. The summed E-state index contributed by atoms with van der Waals surface area (Å²) in [5.41, 5.74) is 9.51. The van der Waals surface area contributed by atoms with Crippen LogP contribution < -0.4 is 15.4 Å². The molecule has 5 aromatic rings. The highest BCUT2D eigenvalue weighted by Gasteiger charge is 2.36. The van der Waals surface area contributed by atoms with Crippen LogP contribution in [0.5, 0.6) is 5.75 Å². The van der Waals surface area contributed by atoms with E-state index in [0.29, 0.717) is 43.5 Å². The molecule has 16 heteroatoms. The number of hydrogen-bond acceptors (Lipinski definition) is 10. The third-order valence-corrected chi connectivity index (χ3v) is 12.5. The molecule has 2 aromatic heterocycles. The number of amides is 4. The Morgan fingerprint density at radius 1 is 0.788 bits per heavy atom. The molecule has 66 heavy (non-hydrogen) atoms. The smallest absolute Gasteiger partial charge is 0.407 e. The molecule has 7 rings (SSSR count). The van der Waals surface area contributed by atoms with Crippen molar-refractivity contribution < 1.29 is 38.1 Å². The Kier molecular flexibility index (Phi) is 14.8. The number of aromatic nitrogens is 4. The average molecular weight is 903 g/mol. The summed E-state index contributed by atoms with van der Waals surface area (Å²) in [6.07, 6.45) is 2.73. The molecule has 0 radical (unpaired) electrons. The highest BCUT2D eigenvalue weighted by molar-refractivity contribution is 5.88. The fourth-order valence-electron chi connectivity index (χ4n) is 8.96. The molecule has 0 fully saturated rings. The second-order valence-corrected chi connectivity index (χ2v) is 17.6. The Labute approximate surface area is 386 Å². The van der Waals surface area contributed by atoms with Crippen LogP contribution in [0.4, 0.5) is 9.59 Å². The van der Waals surface area contributed by atoms with Gasteiger partial charge in [-0.15, -0.1) is 0 Å². The number of H-pyrrole nitrogens is 2. The van der Waals surface area contributed by atoms with Gasteiger partial charge in [0.15, 0.2) is 0 Å². The van der Waals surface area contributed by atoms with Crippen molar-refractivity contribution in [2.24, 2.45) is 11.8 Å². The molecule has 4 N–H and O–H groups in total. The largest absolute Gasteiger partial charge is 0.488 e. The van der Waals surface area contributed by atoms with Gasteiger partial charge in [0.1, 0.15) is 36.1 Å². The van der Waals surface area contributed by atoms with Crippen molar-refractivity contribution in [3.8, 4) is 39.4 Å². The van der Waals surface area contributed by atoms with Crippen LogP contribution in [0.25, 0.3) is 33.6 Å². The topological polar surface area (TPSA) is 193 Å². The summed E-state index contributed by atoms with van der Waals surface area (Å²) in [6, 6.07) is 17.1. The van der Waals surface area contributed by atoms with Crippen molar-refractivity contribution in [1.82, 2.24) is 40.4 Å². The van der Waals surface area contributed by atoms with E-state index in [1.165, 1.54) is 19.8 Å². The molecule has 2 aliphatic rings. The lowest BCUT2D eigenvalue weighted by atomic mass is 9.86. The number of carbonyl (C=O) groups excluding carboxylic acids is 4. The summed E-state index contributed by atoms with van der Waals surface area (Å²) in [5.74, 6) is 1.41. The molecular formula is C50H62N8O8. The van der Waals surface area contributed by atoms with Gasteiger partial charge in [-0.3, -0.25) is 9.59 Å². The van der Waals surface area contributed by atoms with E-state index in [0.717, 1.165) is 69.9 Å². The first-order chi connectivity index (χ1) is 31.8. The maximum atomic E-state index is 14.4. The van der Waals surface area contributed by atoms with Crippen LogP contribution in [0.15, 0.2) is 66.9 Å². The van der Waals surface area contributed by atoms with Gasteiger partial charge in [0.2, 0.25) is 5.91 Å². The zero-order valence-electron chi connectivity index (χ0n) is 39.3. The van der Waals surface area contributed by atoms with E-state index in [4.69, 9.17) is 28.9 Å². The van der Waals surface area contributed by atoms with Crippen molar-refractivity contribution >= 4 is 24.0 Å².